The Kier molecular flexibility index (Phi) is 5.07. The van der Waals surface area contributed by atoms with E-state index in [0.29, 0.717) is 6.04 Å². The van der Waals surface area contributed by atoms with Crippen molar-refractivity contribution in [1.29, 1.82) is 0 Å². The van der Waals surface area contributed by atoms with E-state index in [1.54, 1.807) is 6.20 Å². The topological polar surface area (TPSA) is 41.1 Å². The van der Waals surface area contributed by atoms with Gasteiger partial charge >= 0.3 is 0 Å². The second-order valence-electron chi connectivity index (χ2n) is 5.24. The van der Waals surface area contributed by atoms with Crippen LogP contribution in [0.3, 0.4) is 0 Å². The maximum Gasteiger partial charge on any atom is 0.133 e. The average molecular weight is 270 g/mol. The molecule has 0 radical (unpaired) electrons. The molecule has 106 valence electrons. The van der Waals surface area contributed by atoms with E-state index >= 15 is 0 Å². The summed E-state index contributed by atoms with van der Waals surface area (Å²) in [4.78, 5) is 10.8. The molecule has 0 aliphatic carbocycles. The zero-order chi connectivity index (χ0) is 14.4. The van der Waals surface area contributed by atoms with Crippen molar-refractivity contribution in [2.45, 2.75) is 33.0 Å². The first-order valence-corrected chi connectivity index (χ1v) is 6.94. The van der Waals surface area contributed by atoms with Gasteiger partial charge in [0.1, 0.15) is 5.82 Å². The molecule has 0 aromatic carbocycles. The molecular formula is C16H22N4. The molecule has 4 heteroatoms. The van der Waals surface area contributed by atoms with Crippen LogP contribution in [0.25, 0.3) is 0 Å². The normalized spacial score (nSPS) is 10.8. The van der Waals surface area contributed by atoms with Gasteiger partial charge in [-0.1, -0.05) is 26.0 Å². The fourth-order valence-corrected chi connectivity index (χ4v) is 2.07. The molecule has 0 amide bonds. The lowest BCUT2D eigenvalue weighted by Crippen LogP contribution is -2.25. The second-order valence-corrected chi connectivity index (χ2v) is 5.24. The van der Waals surface area contributed by atoms with Gasteiger partial charge in [-0.15, -0.1) is 0 Å². The van der Waals surface area contributed by atoms with Crippen LogP contribution in [0.5, 0.6) is 0 Å². The van der Waals surface area contributed by atoms with Crippen LogP contribution in [-0.2, 0) is 13.1 Å². The zero-order valence-corrected chi connectivity index (χ0v) is 12.4. The molecule has 2 aromatic rings. The molecule has 0 fully saturated rings. The maximum atomic E-state index is 4.52. The summed E-state index contributed by atoms with van der Waals surface area (Å²) in [5, 5.41) is 3.44. The van der Waals surface area contributed by atoms with Gasteiger partial charge in [-0.3, -0.25) is 4.98 Å². The highest BCUT2D eigenvalue weighted by Crippen LogP contribution is 2.17. The highest BCUT2D eigenvalue weighted by molar-refractivity contribution is 5.46. The molecule has 2 rings (SSSR count). The molecule has 0 aliphatic heterocycles. The Morgan fingerprint density at radius 1 is 1.20 bits per heavy atom. The predicted octanol–water partition coefficient (Wildman–Crippen LogP) is 2.61. The Morgan fingerprint density at radius 2 is 2.00 bits per heavy atom. The van der Waals surface area contributed by atoms with Gasteiger partial charge in [0.05, 0.1) is 0 Å². The van der Waals surface area contributed by atoms with E-state index in [1.165, 1.54) is 11.1 Å². The van der Waals surface area contributed by atoms with Gasteiger partial charge in [0, 0.05) is 50.3 Å². The van der Waals surface area contributed by atoms with E-state index in [9.17, 15) is 0 Å². The van der Waals surface area contributed by atoms with Crippen LogP contribution in [0.1, 0.15) is 25.0 Å². The highest BCUT2D eigenvalue weighted by atomic mass is 15.2. The summed E-state index contributed by atoms with van der Waals surface area (Å²) >= 11 is 0. The monoisotopic (exact) mass is 270 g/mol. The quantitative estimate of drug-likeness (QED) is 0.876. The second kappa shape index (κ2) is 7.01. The number of aromatic nitrogens is 2. The van der Waals surface area contributed by atoms with E-state index < -0.39 is 0 Å². The van der Waals surface area contributed by atoms with Crippen LogP contribution in [0.2, 0.25) is 0 Å². The Labute approximate surface area is 120 Å². The van der Waals surface area contributed by atoms with Crippen LogP contribution >= 0.6 is 0 Å². The molecule has 0 saturated heterocycles. The summed E-state index contributed by atoms with van der Waals surface area (Å²) in [6.07, 6.45) is 5.53. The molecule has 0 bridgehead atoms. The van der Waals surface area contributed by atoms with Crippen molar-refractivity contribution in [3.05, 3.63) is 54.0 Å². The fraction of sp³-hybridized carbons (Fsp3) is 0.375. The van der Waals surface area contributed by atoms with Crippen molar-refractivity contribution < 1.29 is 0 Å². The minimum Gasteiger partial charge on any atom is -0.355 e. The lowest BCUT2D eigenvalue weighted by Gasteiger charge is -2.21. The molecule has 4 nitrogen and oxygen atoms in total. The highest BCUT2D eigenvalue weighted by Gasteiger charge is 2.09. The van der Waals surface area contributed by atoms with Crippen LogP contribution in [0, 0.1) is 0 Å². The standard InChI is InChI=1S/C16H22N4/c1-13(2)19-11-15-7-5-9-18-16(15)20(3)12-14-6-4-8-17-10-14/h4-10,13,19H,11-12H2,1-3H3. The minimum atomic E-state index is 0.465. The molecular weight excluding hydrogens is 248 g/mol. The lowest BCUT2D eigenvalue weighted by atomic mass is 10.2. The molecule has 0 aliphatic rings. The molecule has 1 N–H and O–H groups in total. The van der Waals surface area contributed by atoms with Gasteiger partial charge in [-0.2, -0.15) is 0 Å². The first-order valence-electron chi connectivity index (χ1n) is 6.94. The van der Waals surface area contributed by atoms with Crippen LogP contribution < -0.4 is 10.2 Å². The van der Waals surface area contributed by atoms with Crippen LogP contribution in [0.15, 0.2) is 42.9 Å². The number of nitrogens with zero attached hydrogens (tertiary/aromatic N) is 3. The molecule has 0 saturated carbocycles. The Morgan fingerprint density at radius 3 is 2.70 bits per heavy atom. The summed E-state index contributed by atoms with van der Waals surface area (Å²) in [7, 11) is 2.06. The predicted molar refractivity (Wildman–Crippen MR) is 82.6 cm³/mol. The number of rotatable bonds is 6. The van der Waals surface area contributed by atoms with Gasteiger partial charge in [-0.25, -0.2) is 4.98 Å². The van der Waals surface area contributed by atoms with E-state index in [0.717, 1.165) is 18.9 Å². The van der Waals surface area contributed by atoms with E-state index in [2.05, 4.69) is 53.2 Å². The smallest absolute Gasteiger partial charge is 0.133 e. The summed E-state index contributed by atoms with van der Waals surface area (Å²) in [5.74, 6) is 1.02. The van der Waals surface area contributed by atoms with Crippen molar-refractivity contribution in [3.8, 4) is 0 Å². The summed E-state index contributed by atoms with van der Waals surface area (Å²) in [6, 6.07) is 8.61. The van der Waals surface area contributed by atoms with Gasteiger partial charge < -0.3 is 10.2 Å². The average Bonchev–Trinajstić information content (AvgIpc) is 2.46. The van der Waals surface area contributed by atoms with Gasteiger partial charge in [0.25, 0.3) is 0 Å². The number of nitrogens with one attached hydrogen (secondary N) is 1. The van der Waals surface area contributed by atoms with Crippen molar-refractivity contribution in [2.24, 2.45) is 0 Å². The van der Waals surface area contributed by atoms with Crippen molar-refractivity contribution >= 4 is 5.82 Å². The van der Waals surface area contributed by atoms with Gasteiger partial charge in [0.15, 0.2) is 0 Å². The third-order valence-electron chi connectivity index (χ3n) is 3.07. The van der Waals surface area contributed by atoms with Crippen molar-refractivity contribution in [3.63, 3.8) is 0 Å². The fourth-order valence-electron chi connectivity index (χ4n) is 2.07. The van der Waals surface area contributed by atoms with Crippen LogP contribution in [-0.4, -0.2) is 23.1 Å². The zero-order valence-electron chi connectivity index (χ0n) is 12.4. The maximum absolute atomic E-state index is 4.52. The first-order chi connectivity index (χ1) is 9.66. The van der Waals surface area contributed by atoms with Crippen molar-refractivity contribution in [1.82, 2.24) is 15.3 Å². The SMILES string of the molecule is CC(C)NCc1cccnc1N(C)Cc1cccnc1. The number of hydrogen-bond donors (Lipinski definition) is 1. The van der Waals surface area contributed by atoms with Crippen molar-refractivity contribution in [2.75, 3.05) is 11.9 Å². The molecule has 2 heterocycles. The van der Waals surface area contributed by atoms with Gasteiger partial charge in [-0.05, 0) is 17.7 Å². The summed E-state index contributed by atoms with van der Waals surface area (Å²) in [6.45, 7) is 5.93. The molecule has 0 spiro atoms. The van der Waals surface area contributed by atoms with E-state index in [1.807, 2.05) is 24.5 Å². The Bertz CT molecular complexity index is 525. The number of anilines is 1. The number of hydrogen-bond acceptors (Lipinski definition) is 4. The lowest BCUT2D eigenvalue weighted by molar-refractivity contribution is 0.587. The summed E-state index contributed by atoms with van der Waals surface area (Å²) in [5.41, 5.74) is 2.40. The minimum absolute atomic E-state index is 0.465. The Hall–Kier alpha value is -1.94. The number of pyridine rings is 2. The first kappa shape index (κ1) is 14.5. The van der Waals surface area contributed by atoms with Crippen LogP contribution in [0.4, 0.5) is 5.82 Å². The van der Waals surface area contributed by atoms with Gasteiger partial charge in [0.2, 0.25) is 0 Å². The largest absolute Gasteiger partial charge is 0.355 e. The molecule has 20 heavy (non-hydrogen) atoms. The summed E-state index contributed by atoms with van der Waals surface area (Å²) < 4.78 is 0. The Balaban J connectivity index is 2.11. The third kappa shape index (κ3) is 4.03. The molecule has 2 aromatic heterocycles. The molecule has 0 atom stereocenters. The van der Waals surface area contributed by atoms with E-state index in [-0.39, 0.29) is 0 Å². The third-order valence-corrected chi connectivity index (χ3v) is 3.07. The molecule has 0 unspecified atom stereocenters. The van der Waals surface area contributed by atoms with E-state index in [4.69, 9.17) is 0 Å².